The van der Waals surface area contributed by atoms with Gasteiger partial charge in [-0.25, -0.2) is 0 Å². The molecule has 0 saturated heterocycles. The number of aromatic nitrogens is 3. The monoisotopic (exact) mass is 422 g/mol. The van der Waals surface area contributed by atoms with Crippen LogP contribution >= 0.6 is 0 Å². The number of hydrogen-bond donors (Lipinski definition) is 3. The summed E-state index contributed by atoms with van der Waals surface area (Å²) in [7, 11) is -0.0595. The van der Waals surface area contributed by atoms with E-state index in [4.69, 9.17) is 4.74 Å². The fraction of sp³-hybridized carbons (Fsp3) is 0.318. The molecule has 31 heavy (non-hydrogen) atoms. The number of carbonyl (C=O) groups is 1. The summed E-state index contributed by atoms with van der Waals surface area (Å²) in [5.74, 6) is -0.391. The molecule has 1 heterocycles. The molecule has 1 aromatic heterocycles. The van der Waals surface area contributed by atoms with Crippen molar-refractivity contribution in [2.75, 3.05) is 7.11 Å². The van der Waals surface area contributed by atoms with E-state index >= 15 is 0 Å². The van der Waals surface area contributed by atoms with Crippen molar-refractivity contribution in [3.05, 3.63) is 65.9 Å². The number of ether oxygens (including phenoxy) is 1. The number of aryl methyl sites for hydroxylation is 2. The predicted molar refractivity (Wildman–Crippen MR) is 118 cm³/mol. The van der Waals surface area contributed by atoms with Crippen LogP contribution in [0, 0.1) is 0 Å². The first-order valence-corrected chi connectivity index (χ1v) is 10.3. The Hall–Kier alpha value is -3.17. The summed E-state index contributed by atoms with van der Waals surface area (Å²) >= 11 is 0. The Balaban J connectivity index is 1.58. The molecule has 2 aromatic carbocycles. The average molecular weight is 422 g/mol. The van der Waals surface area contributed by atoms with Crippen LogP contribution in [0.4, 0.5) is 0 Å². The van der Waals surface area contributed by atoms with E-state index in [1.54, 1.807) is 18.0 Å². The maximum absolute atomic E-state index is 12.4. The molecule has 9 heteroatoms. The summed E-state index contributed by atoms with van der Waals surface area (Å²) in [4.78, 5) is 12.4. The molecule has 0 fully saturated rings. The molecular weight excluding hydrogens is 395 g/mol. The number of hydrogen-bond acceptors (Lipinski definition) is 6. The highest BCUT2D eigenvalue weighted by Crippen LogP contribution is 2.27. The lowest BCUT2D eigenvalue weighted by Gasteiger charge is -2.18. The normalized spacial score (nSPS) is 11.7. The Bertz CT molecular complexity index is 1010. The zero-order valence-corrected chi connectivity index (χ0v) is 17.7. The van der Waals surface area contributed by atoms with Crippen LogP contribution in [0.1, 0.15) is 24.5 Å². The second-order valence-corrected chi connectivity index (χ2v) is 7.28. The van der Waals surface area contributed by atoms with E-state index in [9.17, 15) is 14.8 Å². The number of benzene rings is 2. The number of nitrogens with zero attached hydrogens (tertiary/aromatic N) is 3. The number of carbonyl (C=O) groups excluding carboxylic acids is 1. The van der Waals surface area contributed by atoms with Crippen LogP contribution in [0.25, 0.3) is 11.3 Å². The highest BCUT2D eigenvalue weighted by molar-refractivity contribution is 6.43. The third-order valence-electron chi connectivity index (χ3n) is 5.05. The summed E-state index contributed by atoms with van der Waals surface area (Å²) in [6, 6.07) is 15.4. The van der Waals surface area contributed by atoms with Crippen molar-refractivity contribution in [2.45, 2.75) is 38.7 Å². The Morgan fingerprint density at radius 2 is 1.97 bits per heavy atom. The van der Waals surface area contributed by atoms with Gasteiger partial charge in [0.1, 0.15) is 11.4 Å². The lowest BCUT2D eigenvalue weighted by Crippen LogP contribution is -2.48. The van der Waals surface area contributed by atoms with Crippen LogP contribution in [-0.2, 0) is 24.2 Å². The van der Waals surface area contributed by atoms with Crippen molar-refractivity contribution in [1.82, 2.24) is 20.3 Å². The molecule has 162 valence electrons. The van der Waals surface area contributed by atoms with E-state index in [1.165, 1.54) is 0 Å². The predicted octanol–water partition coefficient (Wildman–Crippen LogP) is 1.65. The second-order valence-electron chi connectivity index (χ2n) is 7.28. The Morgan fingerprint density at radius 1 is 1.19 bits per heavy atom. The van der Waals surface area contributed by atoms with Crippen LogP contribution in [0.2, 0.25) is 0 Å². The molecular formula is C22H27BN4O4. The van der Waals surface area contributed by atoms with E-state index in [2.05, 4.69) is 22.6 Å². The van der Waals surface area contributed by atoms with Crippen molar-refractivity contribution in [3.8, 4) is 17.0 Å². The summed E-state index contributed by atoms with van der Waals surface area (Å²) in [5, 5.41) is 30.4. The van der Waals surface area contributed by atoms with Crippen molar-refractivity contribution >= 4 is 13.0 Å². The van der Waals surface area contributed by atoms with Gasteiger partial charge in [0.25, 0.3) is 0 Å². The van der Waals surface area contributed by atoms with Crippen molar-refractivity contribution in [1.29, 1.82) is 0 Å². The van der Waals surface area contributed by atoms with Gasteiger partial charge in [0.05, 0.1) is 25.8 Å². The van der Waals surface area contributed by atoms with Gasteiger partial charge >= 0.3 is 7.12 Å². The Morgan fingerprint density at radius 3 is 2.71 bits per heavy atom. The van der Waals surface area contributed by atoms with Crippen LogP contribution in [-0.4, -0.2) is 51.1 Å². The summed E-state index contributed by atoms with van der Waals surface area (Å²) in [6.45, 7) is 2.37. The average Bonchev–Trinajstić information content (AvgIpc) is 3.26. The van der Waals surface area contributed by atoms with Gasteiger partial charge in [-0.1, -0.05) is 48.5 Å². The fourth-order valence-electron chi connectivity index (χ4n) is 3.34. The molecule has 0 bridgehead atoms. The first-order chi connectivity index (χ1) is 15.0. The number of methoxy groups -OCH3 is 1. The van der Waals surface area contributed by atoms with Gasteiger partial charge in [0.15, 0.2) is 0 Å². The highest BCUT2D eigenvalue weighted by atomic mass is 16.5. The second kappa shape index (κ2) is 10.7. The van der Waals surface area contributed by atoms with Gasteiger partial charge in [-0.2, -0.15) is 0 Å². The summed E-state index contributed by atoms with van der Waals surface area (Å²) < 4.78 is 6.93. The lowest BCUT2D eigenvalue weighted by atomic mass is 9.75. The third kappa shape index (κ3) is 6.16. The zero-order valence-electron chi connectivity index (χ0n) is 17.7. The number of amides is 1. The summed E-state index contributed by atoms with van der Waals surface area (Å²) in [5.41, 5.74) is 3.57. The van der Waals surface area contributed by atoms with Crippen molar-refractivity contribution in [3.63, 3.8) is 0 Å². The quantitative estimate of drug-likeness (QED) is 0.429. The molecule has 8 nitrogen and oxygen atoms in total. The van der Waals surface area contributed by atoms with Gasteiger partial charge in [-0.3, -0.25) is 9.48 Å². The first kappa shape index (κ1) is 22.5. The molecule has 0 saturated carbocycles. The van der Waals surface area contributed by atoms with Gasteiger partial charge < -0.3 is 20.1 Å². The Kier molecular flexibility index (Phi) is 7.80. The zero-order chi connectivity index (χ0) is 22.2. The molecule has 0 spiro atoms. The van der Waals surface area contributed by atoms with Gasteiger partial charge in [0.2, 0.25) is 5.91 Å². The van der Waals surface area contributed by atoms with Crippen LogP contribution in [0.15, 0.2) is 54.7 Å². The van der Waals surface area contributed by atoms with E-state index in [1.807, 2.05) is 48.5 Å². The van der Waals surface area contributed by atoms with Crippen molar-refractivity contribution < 1.29 is 19.6 Å². The maximum Gasteiger partial charge on any atom is 0.475 e. The lowest BCUT2D eigenvalue weighted by molar-refractivity contribution is -0.121. The minimum absolute atomic E-state index is 0.132. The molecule has 0 aliphatic rings. The molecule has 0 unspecified atom stereocenters. The van der Waals surface area contributed by atoms with Gasteiger partial charge in [-0.15, -0.1) is 5.10 Å². The smallest absolute Gasteiger partial charge is 0.475 e. The fourth-order valence-corrected chi connectivity index (χ4v) is 3.34. The topological polar surface area (TPSA) is 110 Å². The standard InChI is InChI=1S/C22H27BN4O4/c1-3-16-7-6-8-17(13-16)14-21(23(29)30)24-22(28)11-12-27-15-19(25-26-27)18-9-4-5-10-20(18)31-2/h4-10,13,15,21,29-30H,3,11-12,14H2,1-2H3,(H,24,28)/t21-/m0/s1. The van der Waals surface area contributed by atoms with Crippen LogP contribution in [0.5, 0.6) is 5.75 Å². The van der Waals surface area contributed by atoms with E-state index in [0.29, 0.717) is 24.4 Å². The maximum atomic E-state index is 12.4. The molecule has 0 aliphatic carbocycles. The third-order valence-corrected chi connectivity index (χ3v) is 5.05. The largest absolute Gasteiger partial charge is 0.496 e. The van der Waals surface area contributed by atoms with E-state index in [0.717, 1.165) is 23.1 Å². The Labute approximate surface area is 182 Å². The molecule has 3 aromatic rings. The minimum Gasteiger partial charge on any atom is -0.496 e. The number of rotatable bonds is 10. The van der Waals surface area contributed by atoms with Crippen molar-refractivity contribution in [2.24, 2.45) is 0 Å². The molecule has 3 N–H and O–H groups in total. The molecule has 3 rings (SSSR count). The van der Waals surface area contributed by atoms with E-state index in [-0.39, 0.29) is 12.3 Å². The first-order valence-electron chi connectivity index (χ1n) is 10.3. The minimum atomic E-state index is -1.65. The van der Waals surface area contributed by atoms with E-state index < -0.39 is 13.1 Å². The SMILES string of the molecule is CCc1cccc(C[C@H](NC(=O)CCn2cc(-c3ccccc3OC)nn2)B(O)O)c1. The molecule has 0 aliphatic heterocycles. The van der Waals surface area contributed by atoms with Gasteiger partial charge in [0, 0.05) is 12.0 Å². The number of nitrogens with one attached hydrogen (secondary N) is 1. The molecule has 1 atom stereocenters. The van der Waals surface area contributed by atoms with Gasteiger partial charge in [-0.05, 0) is 36.1 Å². The number of para-hydroxylation sites is 1. The highest BCUT2D eigenvalue weighted by Gasteiger charge is 2.25. The summed E-state index contributed by atoms with van der Waals surface area (Å²) in [6.07, 6.45) is 3.10. The van der Waals surface area contributed by atoms with Crippen LogP contribution < -0.4 is 10.1 Å². The van der Waals surface area contributed by atoms with Crippen LogP contribution in [0.3, 0.4) is 0 Å². The molecule has 0 radical (unpaired) electrons. The molecule has 1 amide bonds.